The van der Waals surface area contributed by atoms with Crippen molar-refractivity contribution in [3.8, 4) is 0 Å². The molecule has 4 rings (SSSR count). The fourth-order valence-corrected chi connectivity index (χ4v) is 4.61. The monoisotopic (exact) mass is 504 g/mol. The molecule has 2 aromatic heterocycles. The average Bonchev–Trinajstić information content (AvgIpc) is 3.31. The Morgan fingerprint density at radius 3 is 2.66 bits per heavy atom. The summed E-state index contributed by atoms with van der Waals surface area (Å²) in [5, 5.41) is 12.0. The molecule has 3 heterocycles. The Hall–Kier alpha value is -2.04. The van der Waals surface area contributed by atoms with Crippen molar-refractivity contribution in [2.24, 2.45) is 0 Å². The maximum absolute atomic E-state index is 13.7. The first kappa shape index (κ1) is 20.2. The van der Waals surface area contributed by atoms with Gasteiger partial charge < -0.3 is 10.6 Å². The van der Waals surface area contributed by atoms with Crippen LogP contribution in [0.15, 0.2) is 46.3 Å². The van der Waals surface area contributed by atoms with Gasteiger partial charge in [-0.3, -0.25) is 4.79 Å². The number of hydrogen-bond donors (Lipinski definition) is 2. The summed E-state index contributed by atoms with van der Waals surface area (Å²) in [5.74, 6) is -0.505. The van der Waals surface area contributed by atoms with Gasteiger partial charge in [0.15, 0.2) is 11.7 Å². The first-order chi connectivity index (χ1) is 13.7. The fraction of sp³-hybridized carbons (Fsp3) is 0.222. The van der Waals surface area contributed by atoms with Crippen LogP contribution in [0.4, 0.5) is 24.7 Å². The molecule has 0 aliphatic carbocycles. The summed E-state index contributed by atoms with van der Waals surface area (Å²) in [6.07, 6.45) is -4.73. The van der Waals surface area contributed by atoms with E-state index in [-0.39, 0.29) is 22.4 Å². The maximum atomic E-state index is 13.7. The number of hydrogen-bond acceptors (Lipinski definition) is 4. The largest absolute Gasteiger partial charge is 0.410 e. The van der Waals surface area contributed by atoms with Crippen molar-refractivity contribution in [3.05, 3.63) is 61.8 Å². The SMILES string of the molecule is O=C(Nc1ccc(Cl)cc1)c1nn2c(c1Br)N[C@H](c1cccs1)C[C@@H]2C(F)(F)F. The number of halogens is 5. The van der Waals surface area contributed by atoms with Gasteiger partial charge in [0.05, 0.1) is 10.5 Å². The van der Waals surface area contributed by atoms with Crippen LogP contribution in [0.2, 0.25) is 5.02 Å². The number of rotatable bonds is 3. The van der Waals surface area contributed by atoms with Crippen molar-refractivity contribution in [1.29, 1.82) is 0 Å². The zero-order chi connectivity index (χ0) is 20.8. The molecular formula is C18H13BrClF3N4OS. The lowest BCUT2D eigenvalue weighted by Gasteiger charge is -2.33. The molecule has 0 fully saturated rings. The molecule has 3 aromatic rings. The number of nitrogens with zero attached hydrogens (tertiary/aromatic N) is 2. The second kappa shape index (κ2) is 7.66. The van der Waals surface area contributed by atoms with Gasteiger partial charge in [-0.05, 0) is 51.6 Å². The lowest BCUT2D eigenvalue weighted by molar-refractivity contribution is -0.173. The smallest absolute Gasteiger partial charge is 0.362 e. The molecule has 1 amide bonds. The van der Waals surface area contributed by atoms with E-state index in [1.54, 1.807) is 36.4 Å². The Morgan fingerprint density at radius 2 is 2.03 bits per heavy atom. The van der Waals surface area contributed by atoms with Crippen molar-refractivity contribution in [2.45, 2.75) is 24.7 Å². The number of thiophene rings is 1. The van der Waals surface area contributed by atoms with Gasteiger partial charge in [0, 0.05) is 22.0 Å². The van der Waals surface area contributed by atoms with Gasteiger partial charge in [0.25, 0.3) is 5.91 Å². The number of benzene rings is 1. The number of alkyl halides is 3. The van der Waals surface area contributed by atoms with Crippen LogP contribution >= 0.6 is 38.9 Å². The zero-order valence-corrected chi connectivity index (χ0v) is 17.7. The summed E-state index contributed by atoms with van der Waals surface area (Å²) in [5.41, 5.74) is 0.317. The molecule has 1 aliphatic rings. The third-order valence-corrected chi connectivity index (χ3v) is 6.49. The summed E-state index contributed by atoms with van der Waals surface area (Å²) in [6, 6.07) is 7.56. The quantitative estimate of drug-likeness (QED) is 0.441. The third kappa shape index (κ3) is 4.01. The van der Waals surface area contributed by atoms with Gasteiger partial charge in [-0.25, -0.2) is 4.68 Å². The molecule has 0 unspecified atom stereocenters. The van der Waals surface area contributed by atoms with Gasteiger partial charge in [-0.1, -0.05) is 17.7 Å². The molecule has 0 spiro atoms. The minimum absolute atomic E-state index is 0.123. The normalized spacial score (nSPS) is 18.8. The van der Waals surface area contributed by atoms with E-state index < -0.39 is 24.2 Å². The van der Waals surface area contributed by atoms with Crippen molar-refractivity contribution >= 4 is 56.3 Å². The van der Waals surface area contributed by atoms with E-state index in [1.165, 1.54) is 11.3 Å². The Morgan fingerprint density at radius 1 is 1.31 bits per heavy atom. The minimum atomic E-state index is -4.51. The number of carbonyl (C=O) groups is 1. The Balaban J connectivity index is 1.69. The van der Waals surface area contributed by atoms with Crippen LogP contribution in [0.5, 0.6) is 0 Å². The molecule has 29 heavy (non-hydrogen) atoms. The maximum Gasteiger partial charge on any atom is 0.410 e. The number of amides is 1. The summed E-state index contributed by atoms with van der Waals surface area (Å²) < 4.78 is 42.3. The highest BCUT2D eigenvalue weighted by Crippen LogP contribution is 2.46. The molecule has 0 bridgehead atoms. The zero-order valence-electron chi connectivity index (χ0n) is 14.5. The number of carbonyl (C=O) groups excluding carboxylic acids is 1. The molecule has 2 N–H and O–H groups in total. The third-order valence-electron chi connectivity index (χ3n) is 4.50. The van der Waals surface area contributed by atoms with Gasteiger partial charge in [-0.2, -0.15) is 18.3 Å². The first-order valence-electron chi connectivity index (χ1n) is 8.45. The first-order valence-corrected chi connectivity index (χ1v) is 10.5. The van der Waals surface area contributed by atoms with Crippen molar-refractivity contribution in [2.75, 3.05) is 10.6 Å². The molecule has 1 aliphatic heterocycles. The van der Waals surface area contributed by atoms with Crippen LogP contribution in [0.3, 0.4) is 0 Å². The van der Waals surface area contributed by atoms with E-state index in [9.17, 15) is 18.0 Å². The molecule has 0 saturated heterocycles. The molecule has 0 saturated carbocycles. The molecule has 0 radical (unpaired) electrons. The summed E-state index contributed by atoms with van der Waals surface area (Å²) in [6.45, 7) is 0. The lowest BCUT2D eigenvalue weighted by atomic mass is 10.0. The van der Waals surface area contributed by atoms with Crippen LogP contribution in [-0.4, -0.2) is 21.9 Å². The van der Waals surface area contributed by atoms with Crippen LogP contribution in [0.25, 0.3) is 0 Å². The molecule has 1 aromatic carbocycles. The molecule has 5 nitrogen and oxygen atoms in total. The van der Waals surface area contributed by atoms with Crippen LogP contribution in [-0.2, 0) is 0 Å². The topological polar surface area (TPSA) is 59.0 Å². The van der Waals surface area contributed by atoms with E-state index in [1.807, 2.05) is 5.38 Å². The van der Waals surface area contributed by atoms with E-state index in [2.05, 4.69) is 31.7 Å². The second-order valence-corrected chi connectivity index (χ2v) is 8.63. The Kier molecular flexibility index (Phi) is 5.34. The number of nitrogens with one attached hydrogen (secondary N) is 2. The highest BCUT2D eigenvalue weighted by molar-refractivity contribution is 9.10. The molecule has 11 heteroatoms. The van der Waals surface area contributed by atoms with Crippen LogP contribution < -0.4 is 10.6 Å². The number of fused-ring (bicyclic) bond motifs is 1. The summed E-state index contributed by atoms with van der Waals surface area (Å²) in [4.78, 5) is 13.4. The Labute approximate surface area is 181 Å². The highest BCUT2D eigenvalue weighted by atomic mass is 79.9. The van der Waals surface area contributed by atoms with E-state index in [0.717, 1.165) is 9.56 Å². The van der Waals surface area contributed by atoms with Crippen molar-refractivity contribution in [1.82, 2.24) is 9.78 Å². The fourth-order valence-electron chi connectivity index (χ4n) is 3.13. The standard InChI is InChI=1S/C18H13BrClF3N4OS/c19-14-15(17(28)24-10-5-3-9(20)4-6-10)26-27-13(18(21,22)23)8-11(25-16(14)27)12-2-1-7-29-12/h1-7,11,13,25H,8H2,(H,24,28)/t11-,13+/m0/s1. The average molecular weight is 506 g/mol. The second-order valence-electron chi connectivity index (χ2n) is 6.42. The lowest BCUT2D eigenvalue weighted by Crippen LogP contribution is -2.35. The van der Waals surface area contributed by atoms with Gasteiger partial charge >= 0.3 is 6.18 Å². The van der Waals surface area contributed by atoms with Gasteiger partial charge in [-0.15, -0.1) is 11.3 Å². The minimum Gasteiger partial charge on any atom is -0.362 e. The van der Waals surface area contributed by atoms with Gasteiger partial charge in [0.1, 0.15) is 5.82 Å². The van der Waals surface area contributed by atoms with E-state index >= 15 is 0 Å². The van der Waals surface area contributed by atoms with Crippen molar-refractivity contribution in [3.63, 3.8) is 0 Å². The van der Waals surface area contributed by atoms with Gasteiger partial charge in [0.2, 0.25) is 0 Å². The summed E-state index contributed by atoms with van der Waals surface area (Å²) >= 11 is 10.5. The molecule has 152 valence electrons. The van der Waals surface area contributed by atoms with Crippen LogP contribution in [0.1, 0.15) is 33.9 Å². The number of anilines is 2. The van der Waals surface area contributed by atoms with E-state index in [4.69, 9.17) is 11.6 Å². The van der Waals surface area contributed by atoms with Crippen LogP contribution in [0, 0.1) is 0 Å². The molecule has 2 atom stereocenters. The number of aromatic nitrogens is 2. The summed E-state index contributed by atoms with van der Waals surface area (Å²) in [7, 11) is 0. The predicted octanol–water partition coefficient (Wildman–Crippen LogP) is 6.27. The predicted molar refractivity (Wildman–Crippen MR) is 110 cm³/mol. The van der Waals surface area contributed by atoms with E-state index in [0.29, 0.717) is 10.7 Å². The molecular weight excluding hydrogens is 493 g/mol. The van der Waals surface area contributed by atoms with Crippen molar-refractivity contribution < 1.29 is 18.0 Å². The Bertz CT molecular complexity index is 1040. The highest BCUT2D eigenvalue weighted by Gasteiger charge is 2.48.